The quantitative estimate of drug-likeness (QED) is 0.656. The van der Waals surface area contributed by atoms with E-state index in [1.165, 1.54) is 4.40 Å². The molecule has 3 heterocycles. The first-order valence-corrected chi connectivity index (χ1v) is 8.35. The monoisotopic (exact) mass is 408 g/mol. The molecule has 0 aliphatic rings. The Morgan fingerprint density at radius 3 is 2.82 bits per heavy atom. The van der Waals surface area contributed by atoms with Gasteiger partial charge in [0.05, 0.1) is 16.1 Å². The van der Waals surface area contributed by atoms with Crippen LogP contribution < -0.4 is 5.73 Å². The number of thioether (sulfide) groups is 1. The van der Waals surface area contributed by atoms with E-state index in [2.05, 4.69) is 25.3 Å². The van der Waals surface area contributed by atoms with E-state index in [1.807, 2.05) is 0 Å². The van der Waals surface area contributed by atoms with E-state index in [4.69, 9.17) is 5.73 Å². The second-order valence-electron chi connectivity index (χ2n) is 4.24. The van der Waals surface area contributed by atoms with Crippen molar-refractivity contribution in [2.24, 2.45) is 5.73 Å². The number of halogens is 4. The normalized spacial score (nSPS) is 12.2. The third-order valence-corrected chi connectivity index (χ3v) is 5.05. The highest BCUT2D eigenvalue weighted by Gasteiger charge is 2.33. The van der Waals surface area contributed by atoms with Gasteiger partial charge < -0.3 is 10.1 Å². The summed E-state index contributed by atoms with van der Waals surface area (Å²) in [4.78, 5) is 4.19. The smallest absolute Gasteiger partial charge is 0.324 e. The van der Waals surface area contributed by atoms with Crippen LogP contribution in [-0.2, 0) is 6.54 Å². The highest BCUT2D eigenvalue weighted by molar-refractivity contribution is 9.10. The van der Waals surface area contributed by atoms with Gasteiger partial charge in [0, 0.05) is 29.0 Å². The fourth-order valence-corrected chi connectivity index (χ4v) is 3.69. The highest BCUT2D eigenvalue weighted by Crippen LogP contribution is 2.43. The third-order valence-electron chi connectivity index (χ3n) is 2.81. The molecular formula is C12H8BrF3N4S2. The number of hydrogen-bond donors (Lipinski definition) is 1. The van der Waals surface area contributed by atoms with Crippen LogP contribution in [0.3, 0.4) is 0 Å². The second-order valence-corrected chi connectivity index (χ2v) is 6.98. The summed E-state index contributed by atoms with van der Waals surface area (Å²) in [5, 5.41) is 0.609. The van der Waals surface area contributed by atoms with Gasteiger partial charge in [-0.1, -0.05) is 0 Å². The van der Waals surface area contributed by atoms with Gasteiger partial charge in [-0.25, -0.2) is 4.98 Å². The van der Waals surface area contributed by atoms with E-state index < -0.39 is 5.51 Å². The van der Waals surface area contributed by atoms with Crippen molar-refractivity contribution in [3.05, 3.63) is 33.9 Å². The molecule has 22 heavy (non-hydrogen) atoms. The lowest BCUT2D eigenvalue weighted by molar-refractivity contribution is -0.0329. The van der Waals surface area contributed by atoms with Crippen LogP contribution in [0.25, 0.3) is 16.9 Å². The van der Waals surface area contributed by atoms with E-state index in [0.29, 0.717) is 20.6 Å². The lowest BCUT2D eigenvalue weighted by Crippen LogP contribution is -2.02. The van der Waals surface area contributed by atoms with Crippen LogP contribution in [0.15, 0.2) is 33.9 Å². The fourth-order valence-electron chi connectivity index (χ4n) is 1.96. The molecule has 0 fully saturated rings. The van der Waals surface area contributed by atoms with Crippen molar-refractivity contribution in [2.45, 2.75) is 17.1 Å². The first-order chi connectivity index (χ1) is 10.4. The number of aromatic nitrogens is 3. The number of hydrogen-bond acceptors (Lipinski definition) is 5. The summed E-state index contributed by atoms with van der Waals surface area (Å²) in [7, 11) is 0. The van der Waals surface area contributed by atoms with E-state index >= 15 is 0 Å². The first kappa shape index (κ1) is 15.8. The SMILES string of the molecule is NCc1nc(-c2cc3c(Br)cccn3c2SC(F)(F)F)ns1. The van der Waals surface area contributed by atoms with E-state index in [1.54, 1.807) is 24.4 Å². The largest absolute Gasteiger partial charge is 0.447 e. The predicted octanol–water partition coefficient (Wildman–Crippen LogP) is 4.29. The molecule has 10 heteroatoms. The van der Waals surface area contributed by atoms with Gasteiger partial charge in [0.2, 0.25) is 0 Å². The zero-order chi connectivity index (χ0) is 15.9. The van der Waals surface area contributed by atoms with Crippen LogP contribution in [0.1, 0.15) is 5.01 Å². The van der Waals surface area contributed by atoms with Crippen molar-refractivity contribution in [1.29, 1.82) is 0 Å². The molecule has 2 N–H and O–H groups in total. The van der Waals surface area contributed by atoms with Gasteiger partial charge in [-0.3, -0.25) is 0 Å². The van der Waals surface area contributed by atoms with Crippen LogP contribution in [0.4, 0.5) is 13.2 Å². The molecule has 116 valence electrons. The predicted molar refractivity (Wildman–Crippen MR) is 83.8 cm³/mol. The summed E-state index contributed by atoms with van der Waals surface area (Å²) < 4.78 is 45.0. The molecule has 0 spiro atoms. The molecule has 3 rings (SSSR count). The maximum Gasteiger partial charge on any atom is 0.447 e. The van der Waals surface area contributed by atoms with Gasteiger partial charge in [0.25, 0.3) is 0 Å². The minimum atomic E-state index is -4.40. The van der Waals surface area contributed by atoms with E-state index in [0.717, 1.165) is 11.5 Å². The minimum absolute atomic E-state index is 0.0326. The van der Waals surface area contributed by atoms with Gasteiger partial charge in [-0.2, -0.15) is 17.5 Å². The van der Waals surface area contributed by atoms with E-state index in [9.17, 15) is 13.2 Å². The van der Waals surface area contributed by atoms with Gasteiger partial charge >= 0.3 is 5.51 Å². The van der Waals surface area contributed by atoms with Crippen molar-refractivity contribution in [3.8, 4) is 11.4 Å². The number of nitrogens with two attached hydrogens (primary N) is 1. The summed E-state index contributed by atoms with van der Waals surface area (Å²) >= 11 is 4.25. The molecule has 0 saturated heterocycles. The van der Waals surface area contributed by atoms with Crippen molar-refractivity contribution in [1.82, 2.24) is 13.8 Å². The Hall–Kier alpha value is -1.10. The molecule has 0 atom stereocenters. The average molecular weight is 409 g/mol. The number of alkyl halides is 3. The Morgan fingerprint density at radius 2 is 2.18 bits per heavy atom. The Bertz CT molecular complexity index is 827. The first-order valence-electron chi connectivity index (χ1n) is 5.97. The van der Waals surface area contributed by atoms with Crippen molar-refractivity contribution >= 4 is 44.7 Å². The third kappa shape index (κ3) is 3.00. The fraction of sp³-hybridized carbons (Fsp3) is 0.167. The molecule has 0 aromatic carbocycles. The van der Waals surface area contributed by atoms with Gasteiger partial charge in [0.15, 0.2) is 5.82 Å². The van der Waals surface area contributed by atoms with Crippen molar-refractivity contribution in [3.63, 3.8) is 0 Å². The summed E-state index contributed by atoms with van der Waals surface area (Å²) in [6, 6.07) is 5.07. The van der Waals surface area contributed by atoms with Gasteiger partial charge in [0.1, 0.15) is 5.01 Å². The van der Waals surface area contributed by atoms with Crippen molar-refractivity contribution in [2.75, 3.05) is 0 Å². The standard InChI is InChI=1S/C12H8BrF3N4S2/c13-7-2-1-3-20-8(7)4-6(11(20)21-12(14,15)16)10-18-9(5-17)22-19-10/h1-4H,5,17H2. The Labute approximate surface area is 139 Å². The van der Waals surface area contributed by atoms with Crippen molar-refractivity contribution < 1.29 is 13.2 Å². The zero-order valence-corrected chi connectivity index (χ0v) is 14.0. The van der Waals surface area contributed by atoms with Crippen LogP contribution in [0, 0.1) is 0 Å². The summed E-state index contributed by atoms with van der Waals surface area (Å²) in [5.41, 5.74) is 2.04. The number of nitrogens with zero attached hydrogens (tertiary/aromatic N) is 3. The Morgan fingerprint density at radius 1 is 1.41 bits per heavy atom. The number of rotatable bonds is 3. The highest BCUT2D eigenvalue weighted by atomic mass is 79.9. The number of pyridine rings is 1. The van der Waals surface area contributed by atoms with Crippen LogP contribution >= 0.6 is 39.2 Å². The number of fused-ring (bicyclic) bond motifs is 1. The van der Waals surface area contributed by atoms with E-state index in [-0.39, 0.29) is 29.2 Å². The topological polar surface area (TPSA) is 56.2 Å². The molecular weight excluding hydrogens is 401 g/mol. The molecule has 0 aliphatic carbocycles. The Kier molecular flexibility index (Phi) is 4.19. The molecule has 3 aromatic heterocycles. The average Bonchev–Trinajstić information content (AvgIpc) is 3.03. The zero-order valence-electron chi connectivity index (χ0n) is 10.8. The van der Waals surface area contributed by atoms with Crippen LogP contribution in [0.2, 0.25) is 0 Å². The van der Waals surface area contributed by atoms with Gasteiger partial charge in [-0.05, 0) is 45.7 Å². The maximum absolute atomic E-state index is 12.9. The summed E-state index contributed by atoms with van der Waals surface area (Å²) in [5.74, 6) is 0.257. The molecule has 0 bridgehead atoms. The Balaban J connectivity index is 2.23. The van der Waals surface area contributed by atoms with Gasteiger partial charge in [-0.15, -0.1) is 0 Å². The maximum atomic E-state index is 12.9. The summed E-state index contributed by atoms with van der Waals surface area (Å²) in [6.45, 7) is 0.205. The minimum Gasteiger partial charge on any atom is -0.324 e. The molecule has 0 radical (unpaired) electrons. The summed E-state index contributed by atoms with van der Waals surface area (Å²) in [6.07, 6.45) is 1.58. The lowest BCUT2D eigenvalue weighted by atomic mass is 10.3. The van der Waals surface area contributed by atoms with Crippen LogP contribution in [0.5, 0.6) is 0 Å². The molecule has 0 amide bonds. The molecule has 0 unspecified atom stereocenters. The molecule has 0 aliphatic heterocycles. The lowest BCUT2D eigenvalue weighted by Gasteiger charge is -2.08. The molecule has 0 saturated carbocycles. The molecule has 3 aromatic rings. The molecule has 4 nitrogen and oxygen atoms in total. The second kappa shape index (κ2) is 5.84. The van der Waals surface area contributed by atoms with Crippen LogP contribution in [-0.4, -0.2) is 19.3 Å².